The van der Waals surface area contributed by atoms with Crippen molar-refractivity contribution in [3.63, 3.8) is 0 Å². The molecule has 1 aliphatic rings. The van der Waals surface area contributed by atoms with Crippen LogP contribution in [0.2, 0.25) is 0 Å². The van der Waals surface area contributed by atoms with Gasteiger partial charge in [0.15, 0.2) is 0 Å². The van der Waals surface area contributed by atoms with Gasteiger partial charge in [0, 0.05) is 0 Å². The Labute approximate surface area is 224 Å². The van der Waals surface area contributed by atoms with Gasteiger partial charge in [-0.05, 0) is 35.2 Å². The summed E-state index contributed by atoms with van der Waals surface area (Å²) in [4.78, 5) is 0.146. The van der Waals surface area contributed by atoms with Gasteiger partial charge in [0.2, 0.25) is 0 Å². The monoisotopic (exact) mass is 526 g/mol. The molecule has 1 saturated heterocycles. The average Bonchev–Trinajstić information content (AvgIpc) is 3.74. The number of hydrogen-bond acceptors (Lipinski definition) is 5. The summed E-state index contributed by atoms with van der Waals surface area (Å²) < 4.78 is 42.1. The lowest BCUT2D eigenvalue weighted by atomic mass is 9.80. The minimum absolute atomic E-state index is 0.00532. The number of rotatable bonds is 12. The standard InChI is InChI=1S/C32H30O5S/c33-38(34,29-21-11-4-12-22-29)36-25-31-30(37-31)23-13-14-24-35-32(26-15-5-1-6-16-26,27-17-7-2-8-18-27)28-19-9-3-10-20-28/h1-22,30-31H,23-25H2/b14-13+/t30-,31-/m0/s1. The van der Waals surface area contributed by atoms with Crippen molar-refractivity contribution < 1.29 is 22.1 Å². The number of ether oxygens (including phenoxy) is 2. The van der Waals surface area contributed by atoms with Crippen LogP contribution in [0.4, 0.5) is 0 Å². The van der Waals surface area contributed by atoms with Gasteiger partial charge in [0.1, 0.15) is 11.7 Å². The van der Waals surface area contributed by atoms with E-state index in [9.17, 15) is 8.42 Å². The molecule has 5 nitrogen and oxygen atoms in total. The van der Waals surface area contributed by atoms with E-state index >= 15 is 0 Å². The van der Waals surface area contributed by atoms with Crippen molar-refractivity contribution >= 4 is 10.1 Å². The normalized spacial score (nSPS) is 17.5. The lowest BCUT2D eigenvalue weighted by Crippen LogP contribution is -2.33. The molecule has 194 valence electrons. The highest BCUT2D eigenvalue weighted by molar-refractivity contribution is 7.86. The Kier molecular flexibility index (Phi) is 8.15. The summed E-state index contributed by atoms with van der Waals surface area (Å²) in [5, 5.41) is 0. The molecule has 0 radical (unpaired) electrons. The zero-order valence-corrected chi connectivity index (χ0v) is 21.7. The fraction of sp³-hybridized carbons (Fsp3) is 0.188. The van der Waals surface area contributed by atoms with Crippen LogP contribution in [-0.2, 0) is 29.4 Å². The van der Waals surface area contributed by atoms with E-state index < -0.39 is 15.7 Å². The highest BCUT2D eigenvalue weighted by atomic mass is 32.2. The Morgan fingerprint density at radius 3 is 1.63 bits per heavy atom. The molecule has 0 bridgehead atoms. The van der Waals surface area contributed by atoms with Crippen LogP contribution >= 0.6 is 0 Å². The van der Waals surface area contributed by atoms with Gasteiger partial charge in [0.25, 0.3) is 10.1 Å². The van der Waals surface area contributed by atoms with Crippen LogP contribution in [0.5, 0.6) is 0 Å². The third kappa shape index (κ3) is 5.95. The van der Waals surface area contributed by atoms with Crippen molar-refractivity contribution in [2.75, 3.05) is 13.2 Å². The molecule has 0 unspecified atom stereocenters. The minimum atomic E-state index is -3.78. The maximum Gasteiger partial charge on any atom is 0.297 e. The molecule has 38 heavy (non-hydrogen) atoms. The average molecular weight is 527 g/mol. The Bertz CT molecular complexity index is 1330. The summed E-state index contributed by atoms with van der Waals surface area (Å²) in [6.45, 7) is 0.389. The third-order valence-corrected chi connectivity index (χ3v) is 7.87. The molecule has 6 heteroatoms. The van der Waals surface area contributed by atoms with E-state index in [1.54, 1.807) is 18.2 Å². The number of epoxide rings is 1. The second-order valence-electron chi connectivity index (χ2n) is 9.06. The molecular formula is C32H30O5S. The first kappa shape index (κ1) is 26.1. The van der Waals surface area contributed by atoms with Crippen LogP contribution in [-0.4, -0.2) is 33.8 Å². The zero-order valence-electron chi connectivity index (χ0n) is 20.9. The van der Waals surface area contributed by atoms with E-state index in [0.717, 1.165) is 16.7 Å². The van der Waals surface area contributed by atoms with Crippen molar-refractivity contribution in [2.24, 2.45) is 0 Å². The SMILES string of the molecule is O=S(=O)(OC[C@@H]1O[C@H]1C/C=C/COC(c1ccccc1)(c1ccccc1)c1ccccc1)c1ccccc1. The van der Waals surface area contributed by atoms with Gasteiger partial charge in [-0.3, -0.25) is 4.18 Å². The van der Waals surface area contributed by atoms with Crippen LogP contribution in [0.3, 0.4) is 0 Å². The first-order chi connectivity index (χ1) is 18.6. The van der Waals surface area contributed by atoms with Crippen molar-refractivity contribution in [3.05, 3.63) is 150 Å². The summed E-state index contributed by atoms with van der Waals surface area (Å²) in [5.41, 5.74) is 2.38. The largest absolute Gasteiger partial charge is 0.367 e. The molecule has 0 spiro atoms. The molecule has 0 aliphatic carbocycles. The summed E-state index contributed by atoms with van der Waals surface area (Å²) in [6, 6.07) is 38.9. The second kappa shape index (κ2) is 11.9. The van der Waals surface area contributed by atoms with Gasteiger partial charge in [-0.15, -0.1) is 0 Å². The maximum atomic E-state index is 12.3. The predicted molar refractivity (Wildman–Crippen MR) is 147 cm³/mol. The molecule has 1 fully saturated rings. The van der Waals surface area contributed by atoms with Crippen molar-refractivity contribution in [1.82, 2.24) is 0 Å². The molecule has 0 N–H and O–H groups in total. The molecule has 5 rings (SSSR count). The lowest BCUT2D eigenvalue weighted by molar-refractivity contribution is 0.0319. The van der Waals surface area contributed by atoms with E-state index in [1.807, 2.05) is 66.7 Å². The van der Waals surface area contributed by atoms with Crippen LogP contribution in [0.15, 0.2) is 138 Å². The third-order valence-electron chi connectivity index (χ3n) is 6.58. The smallest absolute Gasteiger partial charge is 0.297 e. The Balaban J connectivity index is 1.23. The van der Waals surface area contributed by atoms with E-state index in [2.05, 4.69) is 36.4 Å². The van der Waals surface area contributed by atoms with Crippen LogP contribution in [0, 0.1) is 0 Å². The van der Waals surface area contributed by atoms with Crippen molar-refractivity contribution in [3.8, 4) is 0 Å². The predicted octanol–water partition coefficient (Wildman–Crippen LogP) is 6.11. The molecule has 4 aromatic rings. The van der Waals surface area contributed by atoms with Crippen molar-refractivity contribution in [1.29, 1.82) is 0 Å². The first-order valence-electron chi connectivity index (χ1n) is 12.6. The molecule has 2 atom stereocenters. The molecular weight excluding hydrogens is 496 g/mol. The van der Waals surface area contributed by atoms with Crippen LogP contribution < -0.4 is 0 Å². The summed E-state index contributed by atoms with van der Waals surface area (Å²) in [7, 11) is -3.78. The zero-order chi connectivity index (χ0) is 26.3. The highest BCUT2D eigenvalue weighted by Crippen LogP contribution is 2.40. The highest BCUT2D eigenvalue weighted by Gasteiger charge is 2.39. The van der Waals surface area contributed by atoms with Gasteiger partial charge in [0.05, 0.1) is 24.2 Å². The maximum absolute atomic E-state index is 12.3. The Morgan fingerprint density at radius 2 is 1.13 bits per heavy atom. The first-order valence-corrected chi connectivity index (χ1v) is 14.1. The van der Waals surface area contributed by atoms with Crippen LogP contribution in [0.1, 0.15) is 23.1 Å². The number of benzene rings is 4. The van der Waals surface area contributed by atoms with Gasteiger partial charge >= 0.3 is 0 Å². The quantitative estimate of drug-likeness (QED) is 0.0964. The summed E-state index contributed by atoms with van der Waals surface area (Å²) >= 11 is 0. The molecule has 0 amide bonds. The lowest BCUT2D eigenvalue weighted by Gasteiger charge is -2.35. The van der Waals surface area contributed by atoms with Gasteiger partial charge in [-0.1, -0.05) is 121 Å². The van der Waals surface area contributed by atoms with E-state index in [0.29, 0.717) is 13.0 Å². The molecule has 0 aromatic heterocycles. The Hall–Kier alpha value is -3.55. The molecule has 1 aliphatic heterocycles. The molecule has 0 saturated carbocycles. The molecule has 1 heterocycles. The van der Waals surface area contributed by atoms with E-state index in [1.165, 1.54) is 12.1 Å². The van der Waals surface area contributed by atoms with E-state index in [-0.39, 0.29) is 23.7 Å². The topological polar surface area (TPSA) is 65.1 Å². The number of hydrogen-bond donors (Lipinski definition) is 0. The molecule has 4 aromatic carbocycles. The van der Waals surface area contributed by atoms with E-state index in [4.69, 9.17) is 13.7 Å². The minimum Gasteiger partial charge on any atom is -0.367 e. The van der Waals surface area contributed by atoms with Crippen LogP contribution in [0.25, 0.3) is 0 Å². The fourth-order valence-corrected chi connectivity index (χ4v) is 5.52. The van der Waals surface area contributed by atoms with Gasteiger partial charge < -0.3 is 9.47 Å². The van der Waals surface area contributed by atoms with Gasteiger partial charge in [-0.25, -0.2) is 0 Å². The Morgan fingerprint density at radius 1 is 0.658 bits per heavy atom. The van der Waals surface area contributed by atoms with Gasteiger partial charge in [-0.2, -0.15) is 8.42 Å². The fourth-order valence-electron chi connectivity index (χ4n) is 4.59. The van der Waals surface area contributed by atoms with Crippen molar-refractivity contribution in [2.45, 2.75) is 29.1 Å². The second-order valence-corrected chi connectivity index (χ2v) is 10.7. The summed E-state index contributed by atoms with van der Waals surface area (Å²) in [5.74, 6) is 0. The summed E-state index contributed by atoms with van der Waals surface area (Å²) in [6.07, 6.45) is 4.35.